The maximum Gasteiger partial charge on any atom is 0.239 e. The largest absolute Gasteiger partial charge is 0.483 e. The number of halogens is 1. The van der Waals surface area contributed by atoms with Crippen molar-refractivity contribution in [1.29, 1.82) is 0 Å². The zero-order chi connectivity index (χ0) is 14.3. The lowest BCUT2D eigenvalue weighted by Gasteiger charge is -2.18. The van der Waals surface area contributed by atoms with Gasteiger partial charge < -0.3 is 15.2 Å². The van der Waals surface area contributed by atoms with E-state index in [9.17, 15) is 0 Å². The first-order valence-electron chi connectivity index (χ1n) is 6.21. The van der Waals surface area contributed by atoms with Crippen LogP contribution in [0.2, 0.25) is 0 Å². The van der Waals surface area contributed by atoms with Crippen LogP contribution in [0.3, 0.4) is 0 Å². The van der Waals surface area contributed by atoms with Crippen LogP contribution in [0.1, 0.15) is 19.4 Å². The van der Waals surface area contributed by atoms with E-state index < -0.39 is 0 Å². The molecule has 0 spiro atoms. The lowest BCUT2D eigenvalue weighted by molar-refractivity contribution is 0.135. The number of hydrogen-bond donors (Lipinski definition) is 1. The molecule has 0 saturated carbocycles. The number of nitrogen functional groups attached to an aromatic ring is 1. The van der Waals surface area contributed by atoms with Gasteiger partial charge in [0.05, 0.1) is 0 Å². The van der Waals surface area contributed by atoms with Crippen molar-refractivity contribution in [3.8, 4) is 17.4 Å². The van der Waals surface area contributed by atoms with Crippen LogP contribution in [-0.2, 0) is 6.42 Å². The standard InChI is InChI=1S/C14H14BrN3O2/c1-14(2)6-8-4-3-5-9(11(8)20-14)19-13-10(15)12(16)17-7-18-13/h3-5,7H,6H2,1-2H3,(H2,16,17,18). The fraction of sp³-hybridized carbons (Fsp3) is 0.286. The van der Waals surface area contributed by atoms with Crippen molar-refractivity contribution in [1.82, 2.24) is 9.97 Å². The molecule has 0 saturated heterocycles. The van der Waals surface area contributed by atoms with E-state index in [0.717, 1.165) is 17.7 Å². The third kappa shape index (κ3) is 2.31. The average Bonchev–Trinajstić information content (AvgIpc) is 2.70. The summed E-state index contributed by atoms with van der Waals surface area (Å²) in [7, 11) is 0. The molecule has 1 aliphatic heterocycles. The zero-order valence-corrected chi connectivity index (χ0v) is 12.8. The molecular weight excluding hydrogens is 322 g/mol. The molecule has 0 bridgehead atoms. The molecule has 2 N–H and O–H groups in total. The number of anilines is 1. The summed E-state index contributed by atoms with van der Waals surface area (Å²) in [5, 5.41) is 0. The first kappa shape index (κ1) is 13.2. The van der Waals surface area contributed by atoms with Gasteiger partial charge in [-0.1, -0.05) is 12.1 Å². The molecule has 1 aromatic heterocycles. The monoisotopic (exact) mass is 335 g/mol. The second-order valence-electron chi connectivity index (χ2n) is 5.26. The Bertz CT molecular complexity index is 673. The SMILES string of the molecule is CC1(C)Cc2cccc(Oc3ncnc(N)c3Br)c2O1. The highest BCUT2D eigenvalue weighted by Crippen LogP contribution is 2.44. The number of ether oxygens (including phenoxy) is 2. The van der Waals surface area contributed by atoms with E-state index in [1.165, 1.54) is 6.33 Å². The molecule has 0 unspecified atom stereocenters. The van der Waals surface area contributed by atoms with Crippen LogP contribution in [0.15, 0.2) is 29.0 Å². The molecule has 2 aromatic rings. The molecule has 0 fully saturated rings. The average molecular weight is 336 g/mol. The van der Waals surface area contributed by atoms with Crippen molar-refractivity contribution in [3.05, 3.63) is 34.6 Å². The number of benzene rings is 1. The normalized spacial score (nSPS) is 15.6. The summed E-state index contributed by atoms with van der Waals surface area (Å²) < 4.78 is 12.3. The Labute approximate surface area is 125 Å². The van der Waals surface area contributed by atoms with Crippen molar-refractivity contribution in [2.24, 2.45) is 0 Å². The van der Waals surface area contributed by atoms with E-state index in [-0.39, 0.29) is 5.60 Å². The summed E-state index contributed by atoms with van der Waals surface area (Å²) in [4.78, 5) is 7.97. The third-order valence-corrected chi connectivity index (χ3v) is 3.79. The maximum atomic E-state index is 5.95. The van der Waals surface area contributed by atoms with Gasteiger partial charge >= 0.3 is 0 Å². The number of rotatable bonds is 2. The minimum Gasteiger partial charge on any atom is -0.483 e. The number of nitrogens with zero attached hydrogens (tertiary/aromatic N) is 2. The smallest absolute Gasteiger partial charge is 0.239 e. The van der Waals surface area contributed by atoms with E-state index in [1.807, 2.05) is 18.2 Å². The minimum atomic E-state index is -0.219. The Morgan fingerprint density at radius 1 is 1.35 bits per heavy atom. The fourth-order valence-corrected chi connectivity index (χ4v) is 2.50. The topological polar surface area (TPSA) is 70.3 Å². The highest BCUT2D eigenvalue weighted by Gasteiger charge is 2.32. The van der Waals surface area contributed by atoms with E-state index in [0.29, 0.717) is 21.9 Å². The summed E-state index contributed by atoms with van der Waals surface area (Å²) in [6, 6.07) is 5.84. The van der Waals surface area contributed by atoms with Gasteiger partial charge in [0.25, 0.3) is 0 Å². The predicted molar refractivity (Wildman–Crippen MR) is 79.1 cm³/mol. The Balaban J connectivity index is 1.98. The summed E-state index contributed by atoms with van der Waals surface area (Å²) in [5.41, 5.74) is 6.63. The molecule has 104 valence electrons. The third-order valence-electron chi connectivity index (χ3n) is 3.05. The van der Waals surface area contributed by atoms with Crippen LogP contribution >= 0.6 is 15.9 Å². The quantitative estimate of drug-likeness (QED) is 0.911. The van der Waals surface area contributed by atoms with Gasteiger partial charge in [-0.3, -0.25) is 0 Å². The second-order valence-corrected chi connectivity index (χ2v) is 6.06. The summed E-state index contributed by atoms with van der Waals surface area (Å²) in [5.74, 6) is 2.11. The Morgan fingerprint density at radius 2 is 2.15 bits per heavy atom. The van der Waals surface area contributed by atoms with Crippen LogP contribution in [-0.4, -0.2) is 15.6 Å². The van der Waals surface area contributed by atoms with Crippen molar-refractivity contribution in [3.63, 3.8) is 0 Å². The van der Waals surface area contributed by atoms with Gasteiger partial charge in [0, 0.05) is 12.0 Å². The molecule has 3 rings (SSSR count). The molecule has 5 nitrogen and oxygen atoms in total. The molecule has 20 heavy (non-hydrogen) atoms. The Kier molecular flexibility index (Phi) is 3.05. The molecule has 1 aliphatic rings. The number of nitrogens with two attached hydrogens (primary N) is 1. The first-order valence-corrected chi connectivity index (χ1v) is 7.00. The Morgan fingerprint density at radius 3 is 2.95 bits per heavy atom. The van der Waals surface area contributed by atoms with Crippen LogP contribution in [0.5, 0.6) is 17.4 Å². The van der Waals surface area contributed by atoms with Gasteiger partial charge in [0.1, 0.15) is 22.2 Å². The zero-order valence-electron chi connectivity index (χ0n) is 11.2. The molecule has 1 aromatic carbocycles. The fourth-order valence-electron chi connectivity index (χ4n) is 2.21. The lowest BCUT2D eigenvalue weighted by Crippen LogP contribution is -2.24. The van der Waals surface area contributed by atoms with Gasteiger partial charge in [-0.2, -0.15) is 0 Å². The van der Waals surface area contributed by atoms with Gasteiger partial charge in [-0.25, -0.2) is 9.97 Å². The van der Waals surface area contributed by atoms with Crippen molar-refractivity contribution < 1.29 is 9.47 Å². The Hall–Kier alpha value is -1.82. The van der Waals surface area contributed by atoms with Gasteiger partial charge in [0.2, 0.25) is 5.88 Å². The van der Waals surface area contributed by atoms with E-state index in [2.05, 4.69) is 39.7 Å². The van der Waals surface area contributed by atoms with Crippen LogP contribution < -0.4 is 15.2 Å². The van der Waals surface area contributed by atoms with Crippen LogP contribution in [0.25, 0.3) is 0 Å². The highest BCUT2D eigenvalue weighted by molar-refractivity contribution is 9.10. The summed E-state index contributed by atoms with van der Waals surface area (Å²) in [6.45, 7) is 4.10. The van der Waals surface area contributed by atoms with Crippen molar-refractivity contribution >= 4 is 21.7 Å². The molecule has 2 heterocycles. The highest BCUT2D eigenvalue weighted by atomic mass is 79.9. The second kappa shape index (κ2) is 4.63. The van der Waals surface area contributed by atoms with Crippen LogP contribution in [0.4, 0.5) is 5.82 Å². The van der Waals surface area contributed by atoms with E-state index in [1.54, 1.807) is 0 Å². The molecule has 0 atom stereocenters. The van der Waals surface area contributed by atoms with Gasteiger partial charge in [0.15, 0.2) is 11.5 Å². The maximum absolute atomic E-state index is 5.95. The molecule has 0 aliphatic carbocycles. The predicted octanol–water partition coefficient (Wildman–Crippen LogP) is 3.33. The van der Waals surface area contributed by atoms with Gasteiger partial charge in [-0.05, 0) is 35.8 Å². The van der Waals surface area contributed by atoms with E-state index in [4.69, 9.17) is 15.2 Å². The number of aromatic nitrogens is 2. The number of hydrogen-bond acceptors (Lipinski definition) is 5. The van der Waals surface area contributed by atoms with Crippen molar-refractivity contribution in [2.75, 3.05) is 5.73 Å². The first-order chi connectivity index (χ1) is 9.46. The molecule has 6 heteroatoms. The lowest BCUT2D eigenvalue weighted by atomic mass is 10.0. The summed E-state index contributed by atoms with van der Waals surface area (Å²) >= 11 is 3.32. The molecule has 0 radical (unpaired) electrons. The number of para-hydroxylation sites is 1. The molecular formula is C14H14BrN3O2. The minimum absolute atomic E-state index is 0.219. The number of fused-ring (bicyclic) bond motifs is 1. The van der Waals surface area contributed by atoms with Crippen molar-refractivity contribution in [2.45, 2.75) is 25.9 Å². The van der Waals surface area contributed by atoms with E-state index >= 15 is 0 Å². The summed E-state index contributed by atoms with van der Waals surface area (Å²) in [6.07, 6.45) is 2.22. The molecule has 0 amide bonds. The van der Waals surface area contributed by atoms with Crippen LogP contribution in [0, 0.1) is 0 Å². The van der Waals surface area contributed by atoms with Gasteiger partial charge in [-0.15, -0.1) is 0 Å².